The minimum absolute atomic E-state index is 0.00461. The highest BCUT2D eigenvalue weighted by Gasteiger charge is 2.52. The largest absolute Gasteiger partial charge is 0.482 e. The Labute approximate surface area is 280 Å². The number of anilines is 3. The number of hydrogen-bond donors (Lipinski definition) is 2. The number of rotatable bonds is 14. The van der Waals surface area contributed by atoms with E-state index in [2.05, 4.69) is 0 Å². The van der Waals surface area contributed by atoms with Crippen molar-refractivity contribution < 1.29 is 38.9 Å². The van der Waals surface area contributed by atoms with E-state index in [1.165, 1.54) is 16.9 Å². The van der Waals surface area contributed by atoms with Crippen LogP contribution in [0.3, 0.4) is 0 Å². The van der Waals surface area contributed by atoms with Crippen molar-refractivity contribution in [3.63, 3.8) is 0 Å². The Morgan fingerprint density at radius 3 is 2.54 bits per heavy atom. The molecule has 11 nitrogen and oxygen atoms in total. The number of carbonyl (C=O) groups is 4. The lowest BCUT2D eigenvalue weighted by atomic mass is 9.82. The number of fused-ring (bicyclic) bond motifs is 2. The fourth-order valence-electron chi connectivity index (χ4n) is 6.18. The van der Waals surface area contributed by atoms with E-state index in [9.17, 15) is 29.4 Å². The highest BCUT2D eigenvalue weighted by atomic mass is 16.5. The van der Waals surface area contributed by atoms with Gasteiger partial charge in [-0.05, 0) is 48.7 Å². The second kappa shape index (κ2) is 15.3. The highest BCUT2D eigenvalue weighted by molar-refractivity contribution is 6.09. The first-order valence-electron chi connectivity index (χ1n) is 16.1. The van der Waals surface area contributed by atoms with Gasteiger partial charge in [0.1, 0.15) is 5.75 Å². The molecule has 2 aliphatic rings. The van der Waals surface area contributed by atoms with Crippen molar-refractivity contribution in [2.24, 2.45) is 5.92 Å². The maximum Gasteiger partial charge on any atom is 0.305 e. The van der Waals surface area contributed by atoms with Gasteiger partial charge in [0.25, 0.3) is 11.8 Å². The van der Waals surface area contributed by atoms with E-state index in [4.69, 9.17) is 9.47 Å². The molecule has 3 aromatic carbocycles. The molecule has 252 valence electrons. The molecule has 2 atom stereocenters. The molecule has 0 radical (unpaired) electrons. The van der Waals surface area contributed by atoms with E-state index in [1.807, 2.05) is 36.4 Å². The van der Waals surface area contributed by atoms with Gasteiger partial charge in [-0.1, -0.05) is 61.5 Å². The van der Waals surface area contributed by atoms with Crippen LogP contribution in [0.2, 0.25) is 0 Å². The zero-order valence-corrected chi connectivity index (χ0v) is 27.2. The number of amides is 3. The molecular formula is C37H41N3O8. The molecule has 0 aliphatic carbocycles. The standard InChI is InChI=1S/C37H41N3O8/c1-26(11-10-16-33(42)38(21-22-41)24-27-12-4-3-5-13-27)37(46)29-23-28(40-31-14-6-7-15-32(31)48-25-34(40)43)18-19-30(29)39(36(37)45)20-9-8-17-35(44)47-2/h3-7,10-15,18-19,23,26,41,46H,8-9,16-17,20-22,24-25H2,1-2H3/b11-10+/t26-,37+/m1/s1. The number of nitrogens with zero attached hydrogens (tertiary/aromatic N) is 3. The molecule has 0 saturated heterocycles. The maximum atomic E-state index is 14.1. The van der Waals surface area contributed by atoms with E-state index in [1.54, 1.807) is 60.4 Å². The average Bonchev–Trinajstić information content (AvgIpc) is 3.32. The van der Waals surface area contributed by atoms with Crippen molar-refractivity contribution in [3.05, 3.63) is 96.1 Å². The van der Waals surface area contributed by atoms with E-state index < -0.39 is 17.4 Å². The van der Waals surface area contributed by atoms with Crippen LogP contribution in [-0.2, 0) is 36.1 Å². The molecule has 0 spiro atoms. The maximum absolute atomic E-state index is 14.1. The highest BCUT2D eigenvalue weighted by Crippen LogP contribution is 2.48. The predicted molar refractivity (Wildman–Crippen MR) is 180 cm³/mol. The third-order valence-corrected chi connectivity index (χ3v) is 8.77. The van der Waals surface area contributed by atoms with Crippen molar-refractivity contribution >= 4 is 40.8 Å². The van der Waals surface area contributed by atoms with Gasteiger partial charge in [-0.2, -0.15) is 0 Å². The van der Waals surface area contributed by atoms with Crippen LogP contribution in [0, 0.1) is 5.92 Å². The number of para-hydroxylation sites is 2. The smallest absolute Gasteiger partial charge is 0.305 e. The number of carbonyl (C=O) groups excluding carboxylic acids is 4. The second-order valence-corrected chi connectivity index (χ2v) is 11.9. The molecule has 3 amide bonds. The third kappa shape index (κ3) is 7.12. The number of ether oxygens (including phenoxy) is 2. The third-order valence-electron chi connectivity index (χ3n) is 8.77. The van der Waals surface area contributed by atoms with E-state index in [-0.39, 0.29) is 56.9 Å². The molecule has 2 heterocycles. The first-order valence-corrected chi connectivity index (χ1v) is 16.1. The lowest BCUT2D eigenvalue weighted by molar-refractivity contribution is -0.140. The normalized spacial score (nSPS) is 17.6. The van der Waals surface area contributed by atoms with E-state index in [0.717, 1.165) is 5.56 Å². The number of aliphatic hydroxyl groups is 2. The van der Waals surface area contributed by atoms with Gasteiger partial charge in [0.2, 0.25) is 5.91 Å². The van der Waals surface area contributed by atoms with Crippen molar-refractivity contribution in [3.8, 4) is 5.75 Å². The van der Waals surface area contributed by atoms with E-state index in [0.29, 0.717) is 47.8 Å². The number of benzene rings is 3. The number of unbranched alkanes of at least 4 members (excludes halogenated alkanes) is 1. The molecule has 0 aromatic heterocycles. The molecule has 5 rings (SSSR count). The minimum atomic E-state index is -2.00. The Kier molecular flexibility index (Phi) is 10.9. The van der Waals surface area contributed by atoms with Crippen LogP contribution in [0.4, 0.5) is 17.1 Å². The van der Waals surface area contributed by atoms with Gasteiger partial charge < -0.3 is 29.5 Å². The van der Waals surface area contributed by atoms with Crippen molar-refractivity contribution in [1.82, 2.24) is 4.90 Å². The molecule has 0 bridgehead atoms. The SMILES string of the molecule is COC(=O)CCCCN1C(=O)[C@](O)([C@H](C)/C=C/CC(=O)N(CCO)Cc2ccccc2)c2cc(N3C(=O)COc4ccccc43)ccc21. The van der Waals surface area contributed by atoms with Gasteiger partial charge >= 0.3 is 5.97 Å². The molecule has 0 saturated carbocycles. The minimum Gasteiger partial charge on any atom is -0.482 e. The number of hydrogen-bond acceptors (Lipinski definition) is 8. The fourth-order valence-corrected chi connectivity index (χ4v) is 6.18. The summed E-state index contributed by atoms with van der Waals surface area (Å²) in [5.41, 5.74) is 0.797. The Bertz CT molecular complexity index is 1680. The quantitative estimate of drug-likeness (QED) is 0.150. The Hall–Kier alpha value is -5.00. The Balaban J connectivity index is 1.42. The molecule has 2 aliphatic heterocycles. The average molecular weight is 656 g/mol. The van der Waals surface area contributed by atoms with Crippen LogP contribution in [0.5, 0.6) is 5.75 Å². The van der Waals surface area contributed by atoms with Gasteiger partial charge in [-0.15, -0.1) is 0 Å². The lowest BCUT2D eigenvalue weighted by Crippen LogP contribution is -2.44. The summed E-state index contributed by atoms with van der Waals surface area (Å²) in [6, 6.07) is 21.8. The fraction of sp³-hybridized carbons (Fsp3) is 0.351. The van der Waals surface area contributed by atoms with E-state index >= 15 is 0 Å². The predicted octanol–water partition coefficient (Wildman–Crippen LogP) is 4.22. The Morgan fingerprint density at radius 2 is 1.79 bits per heavy atom. The lowest BCUT2D eigenvalue weighted by Gasteiger charge is -2.31. The summed E-state index contributed by atoms with van der Waals surface area (Å²) in [6.07, 6.45) is 4.49. The number of methoxy groups -OCH3 is 1. The summed E-state index contributed by atoms with van der Waals surface area (Å²) in [4.78, 5) is 56.6. The van der Waals surface area contributed by atoms with Gasteiger partial charge in [0.05, 0.1) is 25.1 Å². The van der Waals surface area contributed by atoms with Gasteiger partial charge in [-0.3, -0.25) is 24.1 Å². The van der Waals surface area contributed by atoms with Gasteiger partial charge in [0, 0.05) is 49.6 Å². The van der Waals surface area contributed by atoms with Gasteiger partial charge in [-0.25, -0.2) is 0 Å². The molecular weight excluding hydrogens is 614 g/mol. The molecule has 3 aromatic rings. The van der Waals surface area contributed by atoms with Crippen LogP contribution in [0.25, 0.3) is 0 Å². The van der Waals surface area contributed by atoms with Crippen LogP contribution >= 0.6 is 0 Å². The summed E-state index contributed by atoms with van der Waals surface area (Å²) in [5.74, 6) is -1.60. The topological polar surface area (TPSA) is 137 Å². The zero-order chi connectivity index (χ0) is 34.3. The van der Waals surface area contributed by atoms with Gasteiger partial charge in [0.15, 0.2) is 12.2 Å². The van der Waals surface area contributed by atoms with Crippen LogP contribution in [0.1, 0.15) is 43.7 Å². The first kappa shape index (κ1) is 34.3. The van der Waals surface area contributed by atoms with Crippen LogP contribution < -0.4 is 14.5 Å². The summed E-state index contributed by atoms with van der Waals surface area (Å²) < 4.78 is 10.3. The summed E-state index contributed by atoms with van der Waals surface area (Å²) in [7, 11) is 1.33. The molecule has 11 heteroatoms. The monoisotopic (exact) mass is 655 g/mol. The summed E-state index contributed by atoms with van der Waals surface area (Å²) >= 11 is 0. The molecule has 0 fully saturated rings. The summed E-state index contributed by atoms with van der Waals surface area (Å²) in [5, 5.41) is 21.9. The second-order valence-electron chi connectivity index (χ2n) is 11.9. The van der Waals surface area contributed by atoms with Crippen molar-refractivity contribution in [1.29, 1.82) is 0 Å². The molecule has 2 N–H and O–H groups in total. The summed E-state index contributed by atoms with van der Waals surface area (Å²) in [6.45, 7) is 2.14. The molecule has 48 heavy (non-hydrogen) atoms. The first-order chi connectivity index (χ1) is 23.2. The van der Waals surface area contributed by atoms with Crippen LogP contribution in [0.15, 0.2) is 84.9 Å². The van der Waals surface area contributed by atoms with Crippen molar-refractivity contribution in [2.75, 3.05) is 43.2 Å². The van der Waals surface area contributed by atoms with Crippen molar-refractivity contribution in [2.45, 2.75) is 44.8 Å². The zero-order valence-electron chi connectivity index (χ0n) is 27.2. The van der Waals surface area contributed by atoms with Crippen LogP contribution in [-0.4, -0.2) is 72.2 Å². The number of esters is 1. The Morgan fingerprint density at radius 1 is 1.04 bits per heavy atom. The molecule has 0 unspecified atom stereocenters. The number of aliphatic hydroxyl groups excluding tert-OH is 1.